The van der Waals surface area contributed by atoms with Crippen LogP contribution in [0.4, 0.5) is 0 Å². The summed E-state index contributed by atoms with van der Waals surface area (Å²) in [7, 11) is 0. The number of nitrogens with zero attached hydrogens (tertiary/aromatic N) is 2. The van der Waals surface area contributed by atoms with E-state index in [1.54, 1.807) is 0 Å². The highest BCUT2D eigenvalue weighted by Gasteiger charge is 2.30. The zero-order valence-corrected chi connectivity index (χ0v) is 13.7. The second kappa shape index (κ2) is 5.99. The predicted octanol–water partition coefficient (Wildman–Crippen LogP) is 3.86. The Morgan fingerprint density at radius 1 is 1.38 bits per heavy atom. The second-order valence-electron chi connectivity index (χ2n) is 5.44. The van der Waals surface area contributed by atoms with Crippen LogP contribution in [0.1, 0.15) is 35.5 Å². The summed E-state index contributed by atoms with van der Waals surface area (Å²) in [6.07, 6.45) is 0.912. The summed E-state index contributed by atoms with van der Waals surface area (Å²) < 4.78 is 1.95. The van der Waals surface area contributed by atoms with Crippen molar-refractivity contribution in [2.24, 2.45) is 0 Å². The fourth-order valence-electron chi connectivity index (χ4n) is 3.03. The number of nitrogens with one attached hydrogen (secondary N) is 1. The van der Waals surface area contributed by atoms with Gasteiger partial charge in [-0.1, -0.05) is 35.9 Å². The molecule has 5 heteroatoms. The summed E-state index contributed by atoms with van der Waals surface area (Å²) in [5.74, 6) is 0. The Morgan fingerprint density at radius 2 is 2.14 bits per heavy atom. The number of aromatic nitrogens is 2. The molecule has 1 aromatic carbocycles. The Morgan fingerprint density at radius 3 is 2.90 bits per heavy atom. The molecule has 0 radical (unpaired) electrons. The van der Waals surface area contributed by atoms with Crippen molar-refractivity contribution in [2.45, 2.75) is 44.8 Å². The first kappa shape index (κ1) is 14.9. The van der Waals surface area contributed by atoms with E-state index in [9.17, 15) is 0 Å². The molecule has 0 saturated carbocycles. The maximum absolute atomic E-state index is 6.51. The Kier molecular flexibility index (Phi) is 4.25. The van der Waals surface area contributed by atoms with Crippen LogP contribution in [0.3, 0.4) is 0 Å². The SMILES string of the molecule is CCn1nc(C)c(Cl)c1CNC1c2ccccc2CC1Cl. The summed E-state index contributed by atoms with van der Waals surface area (Å²) in [5.41, 5.74) is 4.55. The van der Waals surface area contributed by atoms with Gasteiger partial charge < -0.3 is 5.32 Å². The van der Waals surface area contributed by atoms with Crippen molar-refractivity contribution in [3.05, 3.63) is 51.8 Å². The van der Waals surface area contributed by atoms with E-state index in [0.717, 1.165) is 29.4 Å². The lowest BCUT2D eigenvalue weighted by Crippen LogP contribution is -2.26. The maximum Gasteiger partial charge on any atom is 0.0860 e. The minimum atomic E-state index is 0.0836. The summed E-state index contributed by atoms with van der Waals surface area (Å²) >= 11 is 12.9. The molecule has 21 heavy (non-hydrogen) atoms. The number of aryl methyl sites for hydroxylation is 2. The molecule has 0 bridgehead atoms. The molecular weight excluding hydrogens is 305 g/mol. The smallest absolute Gasteiger partial charge is 0.0860 e. The molecule has 0 spiro atoms. The Balaban J connectivity index is 1.80. The van der Waals surface area contributed by atoms with Crippen LogP contribution < -0.4 is 5.32 Å². The molecule has 1 aliphatic carbocycles. The molecule has 0 aliphatic heterocycles. The van der Waals surface area contributed by atoms with Crippen LogP contribution in [-0.4, -0.2) is 15.2 Å². The van der Waals surface area contributed by atoms with E-state index in [-0.39, 0.29) is 11.4 Å². The Bertz CT molecular complexity index is 651. The van der Waals surface area contributed by atoms with Crippen molar-refractivity contribution in [3.63, 3.8) is 0 Å². The van der Waals surface area contributed by atoms with Gasteiger partial charge in [0.2, 0.25) is 0 Å². The zero-order chi connectivity index (χ0) is 15.0. The van der Waals surface area contributed by atoms with E-state index in [2.05, 4.69) is 41.6 Å². The van der Waals surface area contributed by atoms with Crippen molar-refractivity contribution in [1.29, 1.82) is 0 Å². The van der Waals surface area contributed by atoms with E-state index in [4.69, 9.17) is 23.2 Å². The molecule has 0 fully saturated rings. The lowest BCUT2D eigenvalue weighted by atomic mass is 10.1. The highest BCUT2D eigenvalue weighted by molar-refractivity contribution is 6.31. The van der Waals surface area contributed by atoms with Gasteiger partial charge in [-0.3, -0.25) is 4.68 Å². The molecule has 2 aromatic rings. The highest BCUT2D eigenvalue weighted by Crippen LogP contribution is 2.35. The average molecular weight is 324 g/mol. The van der Waals surface area contributed by atoms with E-state index in [0.29, 0.717) is 6.54 Å². The van der Waals surface area contributed by atoms with Crippen LogP contribution in [0.15, 0.2) is 24.3 Å². The Labute approximate surface area is 135 Å². The summed E-state index contributed by atoms with van der Waals surface area (Å²) in [5, 5.41) is 8.84. The fraction of sp³-hybridized carbons (Fsp3) is 0.438. The van der Waals surface area contributed by atoms with Gasteiger partial charge in [0.15, 0.2) is 0 Å². The van der Waals surface area contributed by atoms with Crippen LogP contribution in [0.5, 0.6) is 0 Å². The molecule has 3 rings (SSSR count). The molecule has 1 aromatic heterocycles. The van der Waals surface area contributed by atoms with Gasteiger partial charge in [-0.2, -0.15) is 5.10 Å². The highest BCUT2D eigenvalue weighted by atomic mass is 35.5. The second-order valence-corrected chi connectivity index (χ2v) is 6.38. The molecule has 3 nitrogen and oxygen atoms in total. The standard InChI is InChI=1S/C16H19Cl2N3/c1-3-21-14(15(18)10(2)20-21)9-19-16-12-7-5-4-6-11(12)8-13(16)17/h4-7,13,16,19H,3,8-9H2,1-2H3. The minimum Gasteiger partial charge on any atom is -0.303 e. The van der Waals surface area contributed by atoms with Crippen molar-refractivity contribution in [1.82, 2.24) is 15.1 Å². The zero-order valence-electron chi connectivity index (χ0n) is 12.2. The first-order valence-corrected chi connectivity index (χ1v) is 8.10. The maximum atomic E-state index is 6.51. The molecule has 1 N–H and O–H groups in total. The van der Waals surface area contributed by atoms with E-state index < -0.39 is 0 Å². The summed E-state index contributed by atoms with van der Waals surface area (Å²) in [4.78, 5) is 0. The van der Waals surface area contributed by atoms with Gasteiger partial charge in [-0.15, -0.1) is 11.6 Å². The third kappa shape index (κ3) is 2.70. The number of halogens is 2. The first-order chi connectivity index (χ1) is 10.1. The molecular formula is C16H19Cl2N3. The van der Waals surface area contributed by atoms with Gasteiger partial charge in [0.05, 0.1) is 21.8 Å². The summed E-state index contributed by atoms with van der Waals surface area (Å²) in [6.45, 7) is 5.50. The lowest BCUT2D eigenvalue weighted by molar-refractivity contribution is 0.507. The van der Waals surface area contributed by atoms with Crippen molar-refractivity contribution < 1.29 is 0 Å². The summed E-state index contributed by atoms with van der Waals surface area (Å²) in [6, 6.07) is 8.60. The molecule has 2 unspecified atom stereocenters. The van der Waals surface area contributed by atoms with Gasteiger partial charge >= 0.3 is 0 Å². The monoisotopic (exact) mass is 323 g/mol. The first-order valence-electron chi connectivity index (χ1n) is 7.28. The van der Waals surface area contributed by atoms with E-state index >= 15 is 0 Å². The predicted molar refractivity (Wildman–Crippen MR) is 87.0 cm³/mol. The lowest BCUT2D eigenvalue weighted by Gasteiger charge is -2.18. The number of benzene rings is 1. The van der Waals surface area contributed by atoms with Crippen molar-refractivity contribution >= 4 is 23.2 Å². The third-order valence-electron chi connectivity index (χ3n) is 4.11. The molecule has 112 valence electrons. The van der Waals surface area contributed by atoms with E-state index in [1.165, 1.54) is 11.1 Å². The van der Waals surface area contributed by atoms with Crippen molar-refractivity contribution in [3.8, 4) is 0 Å². The largest absolute Gasteiger partial charge is 0.303 e. The fourth-order valence-corrected chi connectivity index (χ4v) is 3.62. The molecule has 0 amide bonds. The van der Waals surface area contributed by atoms with Gasteiger partial charge in [-0.25, -0.2) is 0 Å². The number of fused-ring (bicyclic) bond motifs is 1. The van der Waals surface area contributed by atoms with Gasteiger partial charge in [0.25, 0.3) is 0 Å². The van der Waals surface area contributed by atoms with Crippen molar-refractivity contribution in [2.75, 3.05) is 0 Å². The number of hydrogen-bond donors (Lipinski definition) is 1. The molecule has 0 saturated heterocycles. The van der Waals surface area contributed by atoms with Gasteiger partial charge in [-0.05, 0) is 31.4 Å². The topological polar surface area (TPSA) is 29.9 Å². The number of hydrogen-bond acceptors (Lipinski definition) is 2. The van der Waals surface area contributed by atoms with Crippen LogP contribution >= 0.6 is 23.2 Å². The molecule has 1 aliphatic rings. The molecule has 1 heterocycles. The Hall–Kier alpha value is -1.03. The minimum absolute atomic E-state index is 0.0836. The average Bonchev–Trinajstić information content (AvgIpc) is 2.94. The quantitative estimate of drug-likeness (QED) is 0.866. The molecule has 2 atom stereocenters. The van der Waals surface area contributed by atoms with Gasteiger partial charge in [0, 0.05) is 19.1 Å². The number of rotatable bonds is 4. The van der Waals surface area contributed by atoms with Crippen LogP contribution in [-0.2, 0) is 19.5 Å². The van der Waals surface area contributed by atoms with Gasteiger partial charge in [0.1, 0.15) is 0 Å². The number of alkyl halides is 1. The van der Waals surface area contributed by atoms with Crippen LogP contribution in [0.25, 0.3) is 0 Å². The van der Waals surface area contributed by atoms with Crippen LogP contribution in [0, 0.1) is 6.92 Å². The van der Waals surface area contributed by atoms with Crippen LogP contribution in [0.2, 0.25) is 5.02 Å². The van der Waals surface area contributed by atoms with E-state index in [1.807, 2.05) is 11.6 Å². The normalized spacial score (nSPS) is 20.8. The third-order valence-corrected chi connectivity index (χ3v) is 5.01.